The van der Waals surface area contributed by atoms with Crippen molar-refractivity contribution in [3.8, 4) is 0 Å². The molecule has 1 aromatic heterocycles. The Kier molecular flexibility index (Phi) is 6.43. The highest BCUT2D eigenvalue weighted by Crippen LogP contribution is 2.23. The second-order valence-electron chi connectivity index (χ2n) is 5.99. The molecule has 1 N–H and O–H groups in total. The molecule has 1 aliphatic rings. The molecule has 0 saturated carbocycles. The first-order valence-electron chi connectivity index (χ1n) is 8.23. The average molecular weight is 408 g/mol. The maximum atomic E-state index is 12.0. The number of hydrogen-bond donors (Lipinski definition) is 1. The van der Waals surface area contributed by atoms with Gasteiger partial charge in [-0.15, -0.1) is 11.3 Å². The lowest BCUT2D eigenvalue weighted by Crippen LogP contribution is -2.46. The molecule has 0 bridgehead atoms. The number of carbonyl (C=O) groups excluding carboxylic acids is 1. The van der Waals surface area contributed by atoms with Crippen molar-refractivity contribution in [2.75, 3.05) is 38.0 Å². The standard InChI is InChI=1S/C18H22BrN3OS/c19-17-7-6-16(24-17)14-22-12-10-21(11-13-22)9-8-18(23)20-15-4-2-1-3-5-15/h1-7H,8-14H2,(H,20,23). The Labute approximate surface area is 155 Å². The van der Waals surface area contributed by atoms with Crippen molar-refractivity contribution in [3.05, 3.63) is 51.1 Å². The Hall–Kier alpha value is -1.21. The summed E-state index contributed by atoms with van der Waals surface area (Å²) in [6, 6.07) is 13.9. The molecule has 0 radical (unpaired) electrons. The van der Waals surface area contributed by atoms with Crippen LogP contribution in [0.1, 0.15) is 11.3 Å². The first-order chi connectivity index (χ1) is 11.7. The Morgan fingerprint density at radius 2 is 1.75 bits per heavy atom. The molecule has 6 heteroatoms. The SMILES string of the molecule is O=C(CCN1CCN(Cc2ccc(Br)s2)CC1)Nc1ccccc1. The zero-order valence-corrected chi connectivity index (χ0v) is 16.0. The Balaban J connectivity index is 1.35. The number of halogens is 1. The zero-order chi connectivity index (χ0) is 16.8. The third-order valence-electron chi connectivity index (χ3n) is 4.19. The molecular weight excluding hydrogens is 386 g/mol. The number of para-hydroxylation sites is 1. The number of amides is 1. The summed E-state index contributed by atoms with van der Waals surface area (Å²) < 4.78 is 1.19. The first kappa shape index (κ1) is 17.6. The molecule has 3 rings (SSSR count). The quantitative estimate of drug-likeness (QED) is 0.793. The van der Waals surface area contributed by atoms with Crippen molar-refractivity contribution in [1.82, 2.24) is 9.80 Å². The third kappa shape index (κ3) is 5.41. The number of carbonyl (C=O) groups is 1. The van der Waals surface area contributed by atoms with Gasteiger partial charge in [0.2, 0.25) is 5.91 Å². The van der Waals surface area contributed by atoms with E-state index in [4.69, 9.17) is 0 Å². The van der Waals surface area contributed by atoms with Crippen molar-refractivity contribution in [3.63, 3.8) is 0 Å². The number of anilines is 1. The lowest BCUT2D eigenvalue weighted by Gasteiger charge is -2.34. The van der Waals surface area contributed by atoms with E-state index in [1.807, 2.05) is 30.3 Å². The highest BCUT2D eigenvalue weighted by atomic mass is 79.9. The summed E-state index contributed by atoms with van der Waals surface area (Å²) in [5, 5.41) is 2.95. The van der Waals surface area contributed by atoms with Gasteiger partial charge in [-0.05, 0) is 40.2 Å². The molecule has 0 unspecified atom stereocenters. The molecule has 128 valence electrons. The van der Waals surface area contributed by atoms with E-state index in [9.17, 15) is 4.79 Å². The van der Waals surface area contributed by atoms with Crippen molar-refractivity contribution in [2.45, 2.75) is 13.0 Å². The van der Waals surface area contributed by atoms with Crippen molar-refractivity contribution >= 4 is 38.9 Å². The number of thiophene rings is 1. The van der Waals surface area contributed by atoms with E-state index in [0.29, 0.717) is 6.42 Å². The normalized spacial score (nSPS) is 16.2. The number of rotatable bonds is 6. The van der Waals surface area contributed by atoms with Crippen LogP contribution in [0.2, 0.25) is 0 Å². The van der Waals surface area contributed by atoms with Crippen LogP contribution < -0.4 is 5.32 Å². The Morgan fingerprint density at radius 1 is 1.04 bits per heavy atom. The van der Waals surface area contributed by atoms with Crippen molar-refractivity contribution in [2.24, 2.45) is 0 Å². The predicted octanol–water partition coefficient (Wildman–Crippen LogP) is 3.66. The van der Waals surface area contributed by atoms with Gasteiger partial charge in [-0.1, -0.05) is 18.2 Å². The van der Waals surface area contributed by atoms with Crippen LogP contribution in [0.5, 0.6) is 0 Å². The molecule has 0 atom stereocenters. The summed E-state index contributed by atoms with van der Waals surface area (Å²) >= 11 is 5.32. The minimum Gasteiger partial charge on any atom is -0.326 e. The number of benzene rings is 1. The molecule has 0 spiro atoms. The smallest absolute Gasteiger partial charge is 0.225 e. The molecular formula is C18H22BrN3OS. The van der Waals surface area contributed by atoms with Crippen LogP contribution >= 0.6 is 27.3 Å². The van der Waals surface area contributed by atoms with E-state index in [0.717, 1.165) is 45.0 Å². The maximum Gasteiger partial charge on any atom is 0.225 e. The van der Waals surface area contributed by atoms with E-state index in [-0.39, 0.29) is 5.91 Å². The fourth-order valence-corrected chi connectivity index (χ4v) is 4.36. The van der Waals surface area contributed by atoms with E-state index in [1.165, 1.54) is 8.66 Å². The van der Waals surface area contributed by atoms with Crippen LogP contribution in [-0.2, 0) is 11.3 Å². The van der Waals surface area contributed by atoms with Crippen LogP contribution in [0.15, 0.2) is 46.3 Å². The summed E-state index contributed by atoms with van der Waals surface area (Å²) in [6.07, 6.45) is 0.548. The minimum atomic E-state index is 0.0899. The second kappa shape index (κ2) is 8.76. The summed E-state index contributed by atoms with van der Waals surface area (Å²) in [7, 11) is 0. The van der Waals surface area contributed by atoms with Crippen LogP contribution in [0.25, 0.3) is 0 Å². The lowest BCUT2D eigenvalue weighted by atomic mass is 10.2. The number of hydrogen-bond acceptors (Lipinski definition) is 4. The molecule has 4 nitrogen and oxygen atoms in total. The largest absolute Gasteiger partial charge is 0.326 e. The number of nitrogens with one attached hydrogen (secondary N) is 1. The zero-order valence-electron chi connectivity index (χ0n) is 13.6. The minimum absolute atomic E-state index is 0.0899. The second-order valence-corrected chi connectivity index (χ2v) is 8.54. The topological polar surface area (TPSA) is 35.6 Å². The fraction of sp³-hybridized carbons (Fsp3) is 0.389. The van der Waals surface area contributed by atoms with Gasteiger partial charge in [-0.2, -0.15) is 0 Å². The average Bonchev–Trinajstić information content (AvgIpc) is 3.00. The predicted molar refractivity (Wildman–Crippen MR) is 103 cm³/mol. The molecule has 1 saturated heterocycles. The molecule has 0 aliphatic carbocycles. The molecule has 1 fully saturated rings. The Morgan fingerprint density at radius 3 is 2.42 bits per heavy atom. The van der Waals surface area contributed by atoms with E-state index in [1.54, 1.807) is 11.3 Å². The van der Waals surface area contributed by atoms with Gasteiger partial charge in [0.25, 0.3) is 0 Å². The fourth-order valence-electron chi connectivity index (χ4n) is 2.83. The van der Waals surface area contributed by atoms with E-state index < -0.39 is 0 Å². The molecule has 1 aromatic carbocycles. The Bertz CT molecular complexity index is 653. The van der Waals surface area contributed by atoms with Crippen LogP contribution in [0.4, 0.5) is 5.69 Å². The van der Waals surface area contributed by atoms with Gasteiger partial charge in [0.05, 0.1) is 3.79 Å². The van der Waals surface area contributed by atoms with Crippen molar-refractivity contribution < 1.29 is 4.79 Å². The molecule has 1 amide bonds. The monoisotopic (exact) mass is 407 g/mol. The highest BCUT2D eigenvalue weighted by molar-refractivity contribution is 9.11. The summed E-state index contributed by atoms with van der Waals surface area (Å²) in [4.78, 5) is 18.3. The lowest BCUT2D eigenvalue weighted by molar-refractivity contribution is -0.116. The van der Waals surface area contributed by atoms with Crippen LogP contribution in [0.3, 0.4) is 0 Å². The third-order valence-corrected chi connectivity index (χ3v) is 5.79. The van der Waals surface area contributed by atoms with Gasteiger partial charge in [-0.25, -0.2) is 0 Å². The highest BCUT2D eigenvalue weighted by Gasteiger charge is 2.18. The summed E-state index contributed by atoms with van der Waals surface area (Å²) in [5.41, 5.74) is 0.870. The molecule has 2 aromatic rings. The number of nitrogens with zero attached hydrogens (tertiary/aromatic N) is 2. The van der Waals surface area contributed by atoms with Gasteiger partial charge >= 0.3 is 0 Å². The molecule has 2 heterocycles. The van der Waals surface area contributed by atoms with Gasteiger partial charge in [0.1, 0.15) is 0 Å². The van der Waals surface area contributed by atoms with Crippen molar-refractivity contribution in [1.29, 1.82) is 0 Å². The van der Waals surface area contributed by atoms with Gasteiger partial charge < -0.3 is 10.2 Å². The van der Waals surface area contributed by atoms with Crippen LogP contribution in [0, 0.1) is 0 Å². The van der Waals surface area contributed by atoms with Crippen LogP contribution in [-0.4, -0.2) is 48.4 Å². The molecule has 24 heavy (non-hydrogen) atoms. The van der Waals surface area contributed by atoms with E-state index >= 15 is 0 Å². The van der Waals surface area contributed by atoms with Gasteiger partial charge in [-0.3, -0.25) is 9.69 Å². The summed E-state index contributed by atoms with van der Waals surface area (Å²) in [5.74, 6) is 0.0899. The maximum absolute atomic E-state index is 12.0. The van der Waals surface area contributed by atoms with Gasteiger partial charge in [0, 0.05) is 56.3 Å². The first-order valence-corrected chi connectivity index (χ1v) is 9.84. The number of piperazine rings is 1. The van der Waals surface area contributed by atoms with Gasteiger partial charge in [0.15, 0.2) is 0 Å². The van der Waals surface area contributed by atoms with E-state index in [2.05, 4.69) is 43.2 Å². The summed E-state index contributed by atoms with van der Waals surface area (Å²) in [6.45, 7) is 6.05. The molecule has 1 aliphatic heterocycles.